The Morgan fingerprint density at radius 1 is 1.14 bits per heavy atom. The fourth-order valence-corrected chi connectivity index (χ4v) is 3.80. The van der Waals surface area contributed by atoms with E-state index in [0.29, 0.717) is 37.6 Å². The molecule has 1 aliphatic heterocycles. The number of amides is 2. The molecule has 0 aromatic carbocycles. The quantitative estimate of drug-likeness (QED) is 0.676. The van der Waals surface area contributed by atoms with Crippen LogP contribution in [0.4, 0.5) is 0 Å². The molecule has 0 radical (unpaired) electrons. The van der Waals surface area contributed by atoms with Crippen LogP contribution in [0.5, 0.6) is 0 Å². The van der Waals surface area contributed by atoms with E-state index in [2.05, 4.69) is 9.97 Å². The molecular weight excluding hydrogens is 372 g/mol. The molecule has 1 aromatic heterocycles. The Bertz CT molecular complexity index is 806. The number of carbonyl (C=O) groups is 3. The van der Waals surface area contributed by atoms with Gasteiger partial charge < -0.3 is 14.5 Å². The zero-order chi connectivity index (χ0) is 21.1. The van der Waals surface area contributed by atoms with E-state index in [9.17, 15) is 14.4 Å². The lowest BCUT2D eigenvalue weighted by Crippen LogP contribution is -2.56. The second-order valence-electron chi connectivity index (χ2n) is 7.82. The van der Waals surface area contributed by atoms with Crippen LogP contribution < -0.4 is 0 Å². The summed E-state index contributed by atoms with van der Waals surface area (Å²) in [6, 6.07) is -0.0649. The van der Waals surface area contributed by atoms with E-state index in [1.54, 1.807) is 18.7 Å². The molecule has 0 N–H and O–H groups in total. The lowest BCUT2D eigenvalue weighted by Gasteiger charge is -2.40. The topological polar surface area (TPSA) is 92.7 Å². The number of carbonyl (C=O) groups excluding carboxylic acids is 3. The van der Waals surface area contributed by atoms with Gasteiger partial charge in [0, 0.05) is 31.6 Å². The molecule has 1 unspecified atom stereocenters. The second kappa shape index (κ2) is 8.88. The second-order valence-corrected chi connectivity index (χ2v) is 7.82. The standard InChI is InChI=1S/C21H30N4O4/c1-5-7-16-17(21(28)29-6-2)18(23-14(4)22-16)20(27)24-10-11-25(13(3)12-24)19(26)15-8-9-15/h13,15H,5-12H2,1-4H3. The Balaban J connectivity index is 1.86. The fraction of sp³-hybridized carbons (Fsp3) is 0.667. The Morgan fingerprint density at radius 2 is 1.86 bits per heavy atom. The smallest absolute Gasteiger partial charge is 0.342 e. The molecule has 1 aliphatic carbocycles. The highest BCUT2D eigenvalue weighted by Crippen LogP contribution is 2.32. The minimum Gasteiger partial charge on any atom is -0.462 e. The number of hydrogen-bond acceptors (Lipinski definition) is 6. The van der Waals surface area contributed by atoms with E-state index in [1.165, 1.54) is 0 Å². The molecule has 8 nitrogen and oxygen atoms in total. The van der Waals surface area contributed by atoms with Crippen LogP contribution in [0, 0.1) is 12.8 Å². The lowest BCUT2D eigenvalue weighted by atomic mass is 10.1. The summed E-state index contributed by atoms with van der Waals surface area (Å²) < 4.78 is 5.19. The summed E-state index contributed by atoms with van der Waals surface area (Å²) in [4.78, 5) is 50.7. The maximum atomic E-state index is 13.3. The largest absolute Gasteiger partial charge is 0.462 e. The van der Waals surface area contributed by atoms with Crippen LogP contribution in [0.3, 0.4) is 0 Å². The van der Waals surface area contributed by atoms with Gasteiger partial charge in [0.05, 0.1) is 12.3 Å². The summed E-state index contributed by atoms with van der Waals surface area (Å²) in [5, 5.41) is 0. The van der Waals surface area contributed by atoms with Crippen LogP contribution in [0.1, 0.15) is 72.4 Å². The third-order valence-corrected chi connectivity index (χ3v) is 5.39. The van der Waals surface area contributed by atoms with E-state index in [4.69, 9.17) is 4.74 Å². The van der Waals surface area contributed by atoms with Crippen molar-refractivity contribution >= 4 is 17.8 Å². The highest BCUT2D eigenvalue weighted by atomic mass is 16.5. The molecular formula is C21H30N4O4. The van der Waals surface area contributed by atoms with Crippen molar-refractivity contribution in [2.75, 3.05) is 26.2 Å². The van der Waals surface area contributed by atoms with E-state index >= 15 is 0 Å². The molecule has 158 valence electrons. The van der Waals surface area contributed by atoms with Crippen molar-refractivity contribution in [3.8, 4) is 0 Å². The van der Waals surface area contributed by atoms with Crippen LogP contribution in [-0.2, 0) is 16.0 Å². The van der Waals surface area contributed by atoms with Crippen LogP contribution in [0.2, 0.25) is 0 Å². The maximum absolute atomic E-state index is 13.3. The van der Waals surface area contributed by atoms with Crippen molar-refractivity contribution in [2.24, 2.45) is 5.92 Å². The van der Waals surface area contributed by atoms with Crippen LogP contribution >= 0.6 is 0 Å². The fourth-order valence-electron chi connectivity index (χ4n) is 3.80. The summed E-state index contributed by atoms with van der Waals surface area (Å²) >= 11 is 0. The number of ether oxygens (including phenoxy) is 1. The van der Waals surface area contributed by atoms with Crippen molar-refractivity contribution in [1.29, 1.82) is 0 Å². The van der Waals surface area contributed by atoms with Crippen molar-refractivity contribution in [1.82, 2.24) is 19.8 Å². The Morgan fingerprint density at radius 3 is 2.45 bits per heavy atom. The van der Waals surface area contributed by atoms with Gasteiger partial charge in [0.2, 0.25) is 5.91 Å². The minimum absolute atomic E-state index is 0.0649. The van der Waals surface area contributed by atoms with Crippen molar-refractivity contribution in [3.63, 3.8) is 0 Å². The molecule has 2 heterocycles. The van der Waals surface area contributed by atoms with Gasteiger partial charge in [0.15, 0.2) is 0 Å². The summed E-state index contributed by atoms with van der Waals surface area (Å²) in [5.41, 5.74) is 0.833. The highest BCUT2D eigenvalue weighted by molar-refractivity contribution is 6.04. The van der Waals surface area contributed by atoms with Gasteiger partial charge in [-0.3, -0.25) is 9.59 Å². The summed E-state index contributed by atoms with van der Waals surface area (Å²) in [6.45, 7) is 8.96. The normalized spacial score (nSPS) is 19.2. The van der Waals surface area contributed by atoms with E-state index in [-0.39, 0.29) is 41.6 Å². The van der Waals surface area contributed by atoms with Gasteiger partial charge in [0.1, 0.15) is 17.1 Å². The predicted octanol–water partition coefficient (Wildman–Crippen LogP) is 2.00. The van der Waals surface area contributed by atoms with Gasteiger partial charge in [-0.05, 0) is 40.0 Å². The first kappa shape index (κ1) is 21.2. The monoisotopic (exact) mass is 402 g/mol. The number of aromatic nitrogens is 2. The molecule has 3 rings (SSSR count). The molecule has 8 heteroatoms. The molecule has 0 bridgehead atoms. The average Bonchev–Trinajstić information content (AvgIpc) is 3.52. The summed E-state index contributed by atoms with van der Waals surface area (Å²) in [5.74, 6) is -0.0484. The van der Waals surface area contributed by atoms with E-state index in [0.717, 1.165) is 19.3 Å². The van der Waals surface area contributed by atoms with Gasteiger partial charge >= 0.3 is 5.97 Å². The number of aryl methyl sites for hydroxylation is 2. The Labute approximate surface area is 171 Å². The van der Waals surface area contributed by atoms with Gasteiger partial charge in [-0.15, -0.1) is 0 Å². The van der Waals surface area contributed by atoms with Gasteiger partial charge in [-0.2, -0.15) is 0 Å². The molecule has 1 atom stereocenters. The molecule has 1 aromatic rings. The molecule has 1 saturated carbocycles. The molecule has 2 aliphatic rings. The average molecular weight is 402 g/mol. The minimum atomic E-state index is -0.560. The molecule has 29 heavy (non-hydrogen) atoms. The molecule has 0 spiro atoms. The lowest BCUT2D eigenvalue weighted by molar-refractivity contribution is -0.136. The molecule has 2 fully saturated rings. The zero-order valence-electron chi connectivity index (χ0n) is 17.7. The SMILES string of the molecule is CCCc1nc(C)nc(C(=O)N2CCN(C(=O)C3CC3)C(C)C2)c1C(=O)OCC. The van der Waals surface area contributed by atoms with E-state index < -0.39 is 5.97 Å². The Kier molecular flexibility index (Phi) is 6.49. The third kappa shape index (κ3) is 4.57. The van der Waals surface area contributed by atoms with Crippen LogP contribution in [0.15, 0.2) is 0 Å². The number of rotatable bonds is 6. The molecule has 1 saturated heterocycles. The first-order valence-corrected chi connectivity index (χ1v) is 10.5. The van der Waals surface area contributed by atoms with Crippen molar-refractivity contribution in [2.45, 2.75) is 59.4 Å². The van der Waals surface area contributed by atoms with Crippen molar-refractivity contribution < 1.29 is 19.1 Å². The van der Waals surface area contributed by atoms with Gasteiger partial charge in [0.25, 0.3) is 5.91 Å². The first-order valence-electron chi connectivity index (χ1n) is 10.5. The van der Waals surface area contributed by atoms with Crippen molar-refractivity contribution in [3.05, 3.63) is 22.8 Å². The number of piperazine rings is 1. The van der Waals surface area contributed by atoms with Crippen LogP contribution in [0.25, 0.3) is 0 Å². The first-order chi connectivity index (χ1) is 13.9. The third-order valence-electron chi connectivity index (χ3n) is 5.39. The predicted molar refractivity (Wildman–Crippen MR) is 107 cm³/mol. The zero-order valence-corrected chi connectivity index (χ0v) is 17.7. The molecule has 2 amide bonds. The van der Waals surface area contributed by atoms with Gasteiger partial charge in [-0.25, -0.2) is 14.8 Å². The van der Waals surface area contributed by atoms with Gasteiger partial charge in [-0.1, -0.05) is 13.3 Å². The number of nitrogens with zero attached hydrogens (tertiary/aromatic N) is 4. The van der Waals surface area contributed by atoms with E-state index in [1.807, 2.05) is 18.7 Å². The summed E-state index contributed by atoms with van der Waals surface area (Å²) in [7, 11) is 0. The van der Waals surface area contributed by atoms with Crippen LogP contribution in [-0.4, -0.2) is 69.8 Å². The number of hydrogen-bond donors (Lipinski definition) is 0. The maximum Gasteiger partial charge on any atom is 0.342 e. The highest BCUT2D eigenvalue weighted by Gasteiger charge is 2.39. The summed E-state index contributed by atoms with van der Waals surface area (Å²) in [6.07, 6.45) is 3.29. The Hall–Kier alpha value is -2.51. The number of esters is 1.